The highest BCUT2D eigenvalue weighted by molar-refractivity contribution is 5.88. The average Bonchev–Trinajstić information content (AvgIpc) is 2.93. The summed E-state index contributed by atoms with van der Waals surface area (Å²) >= 11 is 0. The number of rotatable bonds is 3. The van der Waals surface area contributed by atoms with E-state index in [0.29, 0.717) is 51.8 Å². The number of morpholine rings is 1. The number of aromatic nitrogens is 2. The van der Waals surface area contributed by atoms with Gasteiger partial charge < -0.3 is 14.5 Å². The number of urea groups is 1. The molecule has 0 spiro atoms. The molecule has 1 aromatic heterocycles. The number of hydrogen-bond donors (Lipinski definition) is 1. The van der Waals surface area contributed by atoms with Gasteiger partial charge in [-0.1, -0.05) is 0 Å². The average molecular weight is 350 g/mol. The molecule has 0 aliphatic carbocycles. The van der Waals surface area contributed by atoms with Crippen LogP contribution < -0.4 is 5.32 Å². The fraction of sp³-hybridized carbons (Fsp3) is 0.688. The summed E-state index contributed by atoms with van der Waals surface area (Å²) in [6.07, 6.45) is 0. The van der Waals surface area contributed by atoms with Gasteiger partial charge in [0.1, 0.15) is 5.82 Å². The Labute approximate surface area is 147 Å². The lowest BCUT2D eigenvalue weighted by atomic mass is 10.3. The molecule has 2 fully saturated rings. The van der Waals surface area contributed by atoms with Crippen LogP contribution in [0.4, 0.5) is 10.6 Å². The number of anilines is 1. The first kappa shape index (κ1) is 17.7. The minimum absolute atomic E-state index is 0.129. The monoisotopic (exact) mass is 350 g/mol. The highest BCUT2D eigenvalue weighted by Crippen LogP contribution is 2.11. The number of amides is 3. The van der Waals surface area contributed by atoms with Gasteiger partial charge >= 0.3 is 6.03 Å². The standard InChI is InChI=1S/C16H26N6O3/c1-13-11-14(19(2)18-13)17-16(24)22-5-3-21(4-6-22)15(23)12-20-7-9-25-10-8-20/h11H,3-10,12H2,1-2H3,(H,17,24). The number of ether oxygens (including phenoxy) is 1. The van der Waals surface area contributed by atoms with Crippen LogP contribution in [0.2, 0.25) is 0 Å². The third-order valence-corrected chi connectivity index (χ3v) is 4.62. The number of nitrogens with one attached hydrogen (secondary N) is 1. The van der Waals surface area contributed by atoms with Crippen molar-refractivity contribution in [1.82, 2.24) is 24.5 Å². The van der Waals surface area contributed by atoms with Crippen molar-refractivity contribution in [1.29, 1.82) is 0 Å². The van der Waals surface area contributed by atoms with Crippen LogP contribution in [0.3, 0.4) is 0 Å². The second kappa shape index (κ2) is 7.83. The summed E-state index contributed by atoms with van der Waals surface area (Å²) in [7, 11) is 1.80. The lowest BCUT2D eigenvalue weighted by molar-refractivity contribution is -0.134. The van der Waals surface area contributed by atoms with Gasteiger partial charge in [-0.2, -0.15) is 5.10 Å². The largest absolute Gasteiger partial charge is 0.379 e. The van der Waals surface area contributed by atoms with Gasteiger partial charge in [-0.25, -0.2) is 4.79 Å². The second-order valence-corrected chi connectivity index (χ2v) is 6.48. The Hall–Kier alpha value is -2.13. The van der Waals surface area contributed by atoms with E-state index in [-0.39, 0.29) is 11.9 Å². The first-order valence-corrected chi connectivity index (χ1v) is 8.67. The van der Waals surface area contributed by atoms with Gasteiger partial charge in [0.25, 0.3) is 0 Å². The number of aryl methyl sites for hydroxylation is 2. The van der Waals surface area contributed by atoms with Gasteiger partial charge in [-0.05, 0) is 6.92 Å². The number of carbonyl (C=O) groups excluding carboxylic acids is 2. The third kappa shape index (κ3) is 4.49. The fourth-order valence-electron chi connectivity index (χ4n) is 3.13. The molecule has 0 radical (unpaired) electrons. The molecule has 1 N–H and O–H groups in total. The van der Waals surface area contributed by atoms with Crippen LogP contribution in [0.25, 0.3) is 0 Å². The van der Waals surface area contributed by atoms with Crippen molar-refractivity contribution >= 4 is 17.8 Å². The van der Waals surface area contributed by atoms with E-state index in [1.807, 2.05) is 17.9 Å². The Kier molecular flexibility index (Phi) is 5.54. The minimum Gasteiger partial charge on any atom is -0.379 e. The van der Waals surface area contributed by atoms with Crippen LogP contribution in [0.5, 0.6) is 0 Å². The number of carbonyl (C=O) groups is 2. The number of hydrogen-bond acceptors (Lipinski definition) is 5. The zero-order chi connectivity index (χ0) is 17.8. The number of piperazine rings is 1. The third-order valence-electron chi connectivity index (χ3n) is 4.62. The summed E-state index contributed by atoms with van der Waals surface area (Å²) in [4.78, 5) is 30.5. The zero-order valence-corrected chi connectivity index (χ0v) is 14.9. The summed E-state index contributed by atoms with van der Waals surface area (Å²) in [5.74, 6) is 0.803. The van der Waals surface area contributed by atoms with E-state index in [1.54, 1.807) is 16.6 Å². The smallest absolute Gasteiger partial charge is 0.323 e. The van der Waals surface area contributed by atoms with Gasteiger partial charge in [0.2, 0.25) is 5.91 Å². The molecule has 9 nitrogen and oxygen atoms in total. The Morgan fingerprint density at radius 2 is 1.76 bits per heavy atom. The van der Waals surface area contributed by atoms with Crippen LogP contribution in [0.15, 0.2) is 6.07 Å². The van der Waals surface area contributed by atoms with Crippen LogP contribution in [0.1, 0.15) is 5.69 Å². The molecule has 9 heteroatoms. The molecule has 25 heavy (non-hydrogen) atoms. The molecule has 0 bridgehead atoms. The SMILES string of the molecule is Cc1cc(NC(=O)N2CCN(C(=O)CN3CCOCC3)CC2)n(C)n1. The molecule has 0 atom stereocenters. The molecule has 2 aliphatic heterocycles. The van der Waals surface area contributed by atoms with Crippen molar-refractivity contribution in [3.63, 3.8) is 0 Å². The van der Waals surface area contributed by atoms with Crippen molar-refractivity contribution in [3.05, 3.63) is 11.8 Å². The maximum absolute atomic E-state index is 12.4. The van der Waals surface area contributed by atoms with Gasteiger partial charge in [0, 0.05) is 52.4 Å². The Bertz CT molecular complexity index is 617. The maximum Gasteiger partial charge on any atom is 0.323 e. The lowest BCUT2D eigenvalue weighted by Crippen LogP contribution is -2.54. The Morgan fingerprint density at radius 1 is 1.12 bits per heavy atom. The van der Waals surface area contributed by atoms with Crippen molar-refractivity contribution in [3.8, 4) is 0 Å². The second-order valence-electron chi connectivity index (χ2n) is 6.48. The van der Waals surface area contributed by atoms with Gasteiger partial charge in [0.15, 0.2) is 0 Å². The predicted molar refractivity (Wildman–Crippen MR) is 92.4 cm³/mol. The highest BCUT2D eigenvalue weighted by atomic mass is 16.5. The van der Waals surface area contributed by atoms with E-state index in [2.05, 4.69) is 15.3 Å². The number of nitrogens with zero attached hydrogens (tertiary/aromatic N) is 5. The molecule has 3 heterocycles. The van der Waals surface area contributed by atoms with E-state index in [9.17, 15) is 9.59 Å². The molecule has 138 valence electrons. The summed E-state index contributed by atoms with van der Waals surface area (Å²) in [6.45, 7) is 7.52. The Balaban J connectivity index is 1.45. The van der Waals surface area contributed by atoms with Crippen molar-refractivity contribution in [2.45, 2.75) is 6.92 Å². The highest BCUT2D eigenvalue weighted by Gasteiger charge is 2.26. The van der Waals surface area contributed by atoms with Crippen LogP contribution >= 0.6 is 0 Å². The molecular weight excluding hydrogens is 324 g/mol. The molecule has 0 aromatic carbocycles. The van der Waals surface area contributed by atoms with E-state index >= 15 is 0 Å². The maximum atomic E-state index is 12.4. The summed E-state index contributed by atoms with van der Waals surface area (Å²) < 4.78 is 6.95. The summed E-state index contributed by atoms with van der Waals surface area (Å²) in [5, 5.41) is 7.09. The zero-order valence-electron chi connectivity index (χ0n) is 14.9. The van der Waals surface area contributed by atoms with Crippen molar-refractivity contribution < 1.29 is 14.3 Å². The van der Waals surface area contributed by atoms with E-state index in [0.717, 1.165) is 18.8 Å². The molecule has 0 saturated carbocycles. The normalized spacial score (nSPS) is 19.1. The summed E-state index contributed by atoms with van der Waals surface area (Å²) in [5.41, 5.74) is 0.858. The van der Waals surface area contributed by atoms with Gasteiger partial charge in [-0.3, -0.25) is 19.7 Å². The molecule has 3 amide bonds. The molecule has 3 rings (SSSR count). The first-order chi connectivity index (χ1) is 12.0. The van der Waals surface area contributed by atoms with Crippen molar-refractivity contribution in [2.24, 2.45) is 7.05 Å². The molecule has 2 saturated heterocycles. The van der Waals surface area contributed by atoms with E-state index < -0.39 is 0 Å². The lowest BCUT2D eigenvalue weighted by Gasteiger charge is -2.36. The predicted octanol–water partition coefficient (Wildman–Crippen LogP) is -0.263. The minimum atomic E-state index is -0.150. The topological polar surface area (TPSA) is 82.9 Å². The fourth-order valence-corrected chi connectivity index (χ4v) is 3.13. The van der Waals surface area contributed by atoms with Gasteiger partial charge in [-0.15, -0.1) is 0 Å². The molecule has 1 aromatic rings. The van der Waals surface area contributed by atoms with E-state index in [1.165, 1.54) is 0 Å². The first-order valence-electron chi connectivity index (χ1n) is 8.67. The van der Waals surface area contributed by atoms with Crippen LogP contribution in [0, 0.1) is 6.92 Å². The van der Waals surface area contributed by atoms with Crippen molar-refractivity contribution in [2.75, 3.05) is 64.3 Å². The quantitative estimate of drug-likeness (QED) is 0.812. The molecule has 2 aliphatic rings. The molecule has 0 unspecified atom stereocenters. The summed E-state index contributed by atoms with van der Waals surface area (Å²) in [6, 6.07) is 1.68. The van der Waals surface area contributed by atoms with Gasteiger partial charge in [0.05, 0.1) is 25.5 Å². The van der Waals surface area contributed by atoms with Crippen LogP contribution in [-0.2, 0) is 16.6 Å². The Morgan fingerprint density at radius 3 is 2.36 bits per heavy atom. The van der Waals surface area contributed by atoms with E-state index in [4.69, 9.17) is 4.74 Å². The van der Waals surface area contributed by atoms with Crippen LogP contribution in [-0.4, -0.2) is 95.4 Å². The molecular formula is C16H26N6O3.